The summed E-state index contributed by atoms with van der Waals surface area (Å²) in [6, 6.07) is 4.55. The average molecular weight is 212 g/mol. The minimum absolute atomic E-state index is 0.232. The van der Waals surface area contributed by atoms with Gasteiger partial charge in [0.05, 0.1) is 7.11 Å². The summed E-state index contributed by atoms with van der Waals surface area (Å²) in [5.74, 6) is 0.496. The second-order valence-electron chi connectivity index (χ2n) is 3.24. The van der Waals surface area contributed by atoms with Crippen molar-refractivity contribution in [3.63, 3.8) is 0 Å². The highest BCUT2D eigenvalue weighted by molar-refractivity contribution is 5.34. The Morgan fingerprint density at radius 2 is 2.20 bits per heavy atom. The van der Waals surface area contributed by atoms with Crippen LogP contribution in [0.25, 0.3) is 0 Å². The molecular formula is C11H17FN2O. The van der Waals surface area contributed by atoms with Crippen LogP contribution in [0.1, 0.15) is 5.56 Å². The third-order valence-electron chi connectivity index (χ3n) is 2.13. The molecule has 0 fully saturated rings. The number of rotatable bonds is 6. The minimum atomic E-state index is -0.232. The van der Waals surface area contributed by atoms with Crippen molar-refractivity contribution in [1.29, 1.82) is 0 Å². The third-order valence-corrected chi connectivity index (χ3v) is 2.13. The lowest BCUT2D eigenvalue weighted by atomic mass is 10.1. The highest BCUT2D eigenvalue weighted by Gasteiger charge is 2.03. The number of hydrogen-bond acceptors (Lipinski definition) is 3. The minimum Gasteiger partial charge on any atom is -0.496 e. The first-order valence-corrected chi connectivity index (χ1v) is 5.01. The van der Waals surface area contributed by atoms with Crippen LogP contribution in [0.4, 0.5) is 4.39 Å². The van der Waals surface area contributed by atoms with Crippen LogP contribution in [0.15, 0.2) is 18.2 Å². The quantitative estimate of drug-likeness (QED) is 0.689. The van der Waals surface area contributed by atoms with Crippen LogP contribution in [-0.4, -0.2) is 26.7 Å². The van der Waals surface area contributed by atoms with Gasteiger partial charge in [0, 0.05) is 13.1 Å². The summed E-state index contributed by atoms with van der Waals surface area (Å²) in [5, 5.41) is 3.15. The van der Waals surface area contributed by atoms with Gasteiger partial charge in [0.15, 0.2) is 0 Å². The molecule has 1 aromatic carbocycles. The Morgan fingerprint density at radius 1 is 1.40 bits per heavy atom. The zero-order chi connectivity index (χ0) is 11.1. The molecule has 0 atom stereocenters. The summed E-state index contributed by atoms with van der Waals surface area (Å²) >= 11 is 0. The third kappa shape index (κ3) is 3.85. The molecular weight excluding hydrogens is 195 g/mol. The van der Waals surface area contributed by atoms with Crippen molar-refractivity contribution in [2.75, 3.05) is 26.7 Å². The van der Waals surface area contributed by atoms with Crippen molar-refractivity contribution < 1.29 is 9.13 Å². The van der Waals surface area contributed by atoms with Crippen LogP contribution in [0.5, 0.6) is 5.75 Å². The summed E-state index contributed by atoms with van der Waals surface area (Å²) < 4.78 is 18.1. The number of nitrogens with one attached hydrogen (secondary N) is 1. The first kappa shape index (κ1) is 11.9. The molecule has 0 saturated carbocycles. The van der Waals surface area contributed by atoms with Gasteiger partial charge in [0.2, 0.25) is 0 Å². The number of nitrogens with two attached hydrogens (primary N) is 1. The summed E-state index contributed by atoms with van der Waals surface area (Å²) in [6.45, 7) is 2.16. The molecule has 4 heteroatoms. The van der Waals surface area contributed by atoms with Gasteiger partial charge in [-0.05, 0) is 36.7 Å². The molecule has 84 valence electrons. The molecule has 1 rings (SSSR count). The molecule has 15 heavy (non-hydrogen) atoms. The van der Waals surface area contributed by atoms with Crippen LogP contribution in [0.2, 0.25) is 0 Å². The first-order valence-electron chi connectivity index (χ1n) is 5.01. The van der Waals surface area contributed by atoms with Crippen LogP contribution in [0, 0.1) is 5.82 Å². The lowest BCUT2D eigenvalue weighted by Crippen LogP contribution is -2.24. The lowest BCUT2D eigenvalue weighted by molar-refractivity contribution is 0.407. The van der Waals surface area contributed by atoms with Crippen LogP contribution < -0.4 is 15.8 Å². The van der Waals surface area contributed by atoms with Gasteiger partial charge in [-0.2, -0.15) is 0 Å². The lowest BCUT2D eigenvalue weighted by Gasteiger charge is -2.08. The van der Waals surface area contributed by atoms with E-state index in [9.17, 15) is 4.39 Å². The molecule has 3 nitrogen and oxygen atoms in total. The molecule has 0 aliphatic rings. The molecule has 0 heterocycles. The highest BCUT2D eigenvalue weighted by Crippen LogP contribution is 2.19. The van der Waals surface area contributed by atoms with E-state index in [-0.39, 0.29) is 5.82 Å². The van der Waals surface area contributed by atoms with Crippen molar-refractivity contribution >= 4 is 0 Å². The maximum atomic E-state index is 13.0. The Labute approximate surface area is 89.4 Å². The largest absolute Gasteiger partial charge is 0.496 e. The first-order chi connectivity index (χ1) is 7.27. The van der Waals surface area contributed by atoms with Gasteiger partial charge in [0.1, 0.15) is 11.6 Å². The predicted molar refractivity (Wildman–Crippen MR) is 58.6 cm³/mol. The maximum Gasteiger partial charge on any atom is 0.123 e. The van der Waals surface area contributed by atoms with Gasteiger partial charge < -0.3 is 15.8 Å². The van der Waals surface area contributed by atoms with E-state index < -0.39 is 0 Å². The van der Waals surface area contributed by atoms with Crippen molar-refractivity contribution in [3.8, 4) is 5.75 Å². The smallest absolute Gasteiger partial charge is 0.123 e. The summed E-state index contributed by atoms with van der Waals surface area (Å²) in [5.41, 5.74) is 6.22. The fourth-order valence-corrected chi connectivity index (χ4v) is 1.39. The number of hydrogen-bond donors (Lipinski definition) is 2. The van der Waals surface area contributed by atoms with E-state index >= 15 is 0 Å². The monoisotopic (exact) mass is 212 g/mol. The molecule has 0 unspecified atom stereocenters. The van der Waals surface area contributed by atoms with Crippen molar-refractivity contribution in [3.05, 3.63) is 29.6 Å². The number of ether oxygens (including phenoxy) is 1. The number of benzene rings is 1. The van der Waals surface area contributed by atoms with Gasteiger partial charge in [-0.15, -0.1) is 0 Å². The van der Waals surface area contributed by atoms with E-state index in [2.05, 4.69) is 5.32 Å². The van der Waals surface area contributed by atoms with Gasteiger partial charge in [-0.3, -0.25) is 0 Å². The molecule has 0 saturated heterocycles. The second kappa shape index (κ2) is 6.37. The molecule has 0 bridgehead atoms. The van der Waals surface area contributed by atoms with Crippen LogP contribution in [-0.2, 0) is 6.42 Å². The van der Waals surface area contributed by atoms with Gasteiger partial charge in [-0.25, -0.2) is 4.39 Å². The summed E-state index contributed by atoms with van der Waals surface area (Å²) in [7, 11) is 1.59. The van der Waals surface area contributed by atoms with Gasteiger partial charge >= 0.3 is 0 Å². The van der Waals surface area contributed by atoms with Gasteiger partial charge in [-0.1, -0.05) is 0 Å². The highest BCUT2D eigenvalue weighted by atomic mass is 19.1. The second-order valence-corrected chi connectivity index (χ2v) is 3.24. The molecule has 0 aliphatic heterocycles. The summed E-state index contributed by atoms with van der Waals surface area (Å²) in [6.07, 6.45) is 0.737. The Bertz CT molecular complexity index is 305. The molecule has 0 spiro atoms. The Kier molecular flexibility index (Phi) is 5.07. The molecule has 0 aromatic heterocycles. The molecule has 0 aliphatic carbocycles. The Balaban J connectivity index is 2.54. The Morgan fingerprint density at radius 3 is 2.87 bits per heavy atom. The van der Waals surface area contributed by atoms with Crippen molar-refractivity contribution in [1.82, 2.24) is 5.32 Å². The molecule has 0 amide bonds. The fourth-order valence-electron chi connectivity index (χ4n) is 1.39. The van der Waals surface area contributed by atoms with E-state index in [4.69, 9.17) is 10.5 Å². The van der Waals surface area contributed by atoms with Crippen LogP contribution >= 0.6 is 0 Å². The molecule has 3 N–H and O–H groups in total. The molecule has 0 radical (unpaired) electrons. The van der Waals surface area contributed by atoms with E-state index in [0.29, 0.717) is 6.54 Å². The predicted octanol–water partition coefficient (Wildman–Crippen LogP) is 0.925. The van der Waals surface area contributed by atoms with E-state index in [0.717, 1.165) is 30.8 Å². The van der Waals surface area contributed by atoms with Crippen LogP contribution in [0.3, 0.4) is 0 Å². The summed E-state index contributed by atoms with van der Waals surface area (Å²) in [4.78, 5) is 0. The zero-order valence-electron chi connectivity index (χ0n) is 8.92. The topological polar surface area (TPSA) is 47.3 Å². The number of methoxy groups -OCH3 is 1. The number of halogens is 1. The zero-order valence-corrected chi connectivity index (χ0v) is 8.92. The normalized spacial score (nSPS) is 10.3. The van der Waals surface area contributed by atoms with Crippen molar-refractivity contribution in [2.45, 2.75) is 6.42 Å². The fraction of sp³-hybridized carbons (Fsp3) is 0.455. The van der Waals surface area contributed by atoms with Crippen molar-refractivity contribution in [2.24, 2.45) is 5.73 Å². The average Bonchev–Trinajstić information content (AvgIpc) is 2.25. The van der Waals surface area contributed by atoms with Gasteiger partial charge in [0.25, 0.3) is 0 Å². The maximum absolute atomic E-state index is 13.0. The molecule has 1 aromatic rings. The van der Waals surface area contributed by atoms with E-state index in [1.807, 2.05) is 0 Å². The van der Waals surface area contributed by atoms with E-state index in [1.54, 1.807) is 13.2 Å². The van der Waals surface area contributed by atoms with E-state index in [1.165, 1.54) is 12.1 Å². The standard InChI is InChI=1S/C11H17FN2O/c1-15-11-3-2-10(12)8-9(11)4-6-14-7-5-13/h2-3,8,14H,4-7,13H2,1H3. The Hall–Kier alpha value is -1.13. The SMILES string of the molecule is COc1ccc(F)cc1CCNCCN.